The largest absolute Gasteiger partial charge is 0.508 e. The molecule has 0 fully saturated rings. The van der Waals surface area contributed by atoms with Crippen molar-refractivity contribution in [2.24, 2.45) is 0 Å². The number of ether oxygens (including phenoxy) is 1. The lowest BCUT2D eigenvalue weighted by atomic mass is 10.1. The van der Waals surface area contributed by atoms with Crippen LogP contribution >= 0.6 is 11.6 Å². The summed E-state index contributed by atoms with van der Waals surface area (Å²) in [5.74, 6) is 1.14. The van der Waals surface area contributed by atoms with E-state index in [1.165, 1.54) is 5.56 Å². The Morgan fingerprint density at radius 1 is 1.21 bits per heavy atom. The fraction of sp³-hybridized carbons (Fsp3) is 0.211. The standard InChI is InChI=1S/C19H17ClN2O2/c20-17-10-14-11-22(9-7-13-3-5-15(23)6-4-13)12-24-19(14)18-16(17)2-1-8-21-18/h1-6,8,10,23H,7,9,11-12H2. The molecule has 3 aromatic rings. The van der Waals surface area contributed by atoms with Crippen molar-refractivity contribution in [1.29, 1.82) is 0 Å². The first-order chi connectivity index (χ1) is 11.7. The van der Waals surface area contributed by atoms with Crippen molar-refractivity contribution in [3.8, 4) is 11.5 Å². The van der Waals surface area contributed by atoms with Crippen molar-refractivity contribution in [1.82, 2.24) is 9.88 Å². The van der Waals surface area contributed by atoms with Crippen LogP contribution in [0.15, 0.2) is 48.7 Å². The number of hydrogen-bond acceptors (Lipinski definition) is 4. The van der Waals surface area contributed by atoms with Crippen molar-refractivity contribution in [2.45, 2.75) is 13.0 Å². The summed E-state index contributed by atoms with van der Waals surface area (Å²) in [5, 5.41) is 11.0. The predicted molar refractivity (Wildman–Crippen MR) is 94.5 cm³/mol. The number of fused-ring (bicyclic) bond motifs is 3. The highest BCUT2D eigenvalue weighted by Crippen LogP contribution is 2.36. The predicted octanol–water partition coefficient (Wildman–Crippen LogP) is 3.99. The topological polar surface area (TPSA) is 45.6 Å². The molecule has 0 saturated carbocycles. The number of aromatic hydroxyl groups is 1. The maximum Gasteiger partial charge on any atom is 0.152 e. The van der Waals surface area contributed by atoms with Crippen molar-refractivity contribution in [2.75, 3.05) is 13.3 Å². The van der Waals surface area contributed by atoms with E-state index in [-0.39, 0.29) is 0 Å². The van der Waals surface area contributed by atoms with E-state index in [1.54, 1.807) is 18.3 Å². The number of phenols is 1. The molecule has 122 valence electrons. The SMILES string of the molecule is Oc1ccc(CCN2COc3c(cc(Cl)c4cccnc34)C2)cc1. The molecule has 0 amide bonds. The van der Waals surface area contributed by atoms with Crippen LogP contribution in [0.4, 0.5) is 0 Å². The van der Waals surface area contributed by atoms with Gasteiger partial charge in [-0.05, 0) is 42.3 Å². The third-order valence-corrected chi connectivity index (χ3v) is 4.62. The molecule has 1 N–H and O–H groups in total. The Kier molecular flexibility index (Phi) is 4.00. The Morgan fingerprint density at radius 2 is 2.04 bits per heavy atom. The summed E-state index contributed by atoms with van der Waals surface area (Å²) in [5.41, 5.74) is 3.10. The summed E-state index contributed by atoms with van der Waals surface area (Å²) >= 11 is 6.39. The number of nitrogens with zero attached hydrogens (tertiary/aromatic N) is 2. The lowest BCUT2D eigenvalue weighted by molar-refractivity contribution is 0.0980. The second-order valence-corrected chi connectivity index (χ2v) is 6.40. The van der Waals surface area contributed by atoms with E-state index >= 15 is 0 Å². The van der Waals surface area contributed by atoms with Gasteiger partial charge in [-0.3, -0.25) is 9.88 Å². The molecule has 5 heteroatoms. The van der Waals surface area contributed by atoms with Crippen LogP contribution in [0.3, 0.4) is 0 Å². The van der Waals surface area contributed by atoms with Gasteiger partial charge in [0, 0.05) is 30.2 Å². The van der Waals surface area contributed by atoms with Crippen LogP contribution in [0.1, 0.15) is 11.1 Å². The van der Waals surface area contributed by atoms with Gasteiger partial charge in [0.2, 0.25) is 0 Å². The summed E-state index contributed by atoms with van der Waals surface area (Å²) in [6, 6.07) is 13.2. The van der Waals surface area contributed by atoms with E-state index in [0.717, 1.165) is 41.7 Å². The first-order valence-electron chi connectivity index (χ1n) is 7.90. The maximum atomic E-state index is 9.35. The second kappa shape index (κ2) is 6.30. The molecule has 1 aliphatic rings. The number of hydrogen-bond donors (Lipinski definition) is 1. The third kappa shape index (κ3) is 2.90. The smallest absolute Gasteiger partial charge is 0.152 e. The molecule has 0 atom stereocenters. The second-order valence-electron chi connectivity index (χ2n) is 5.99. The molecular formula is C19H17ClN2O2. The van der Waals surface area contributed by atoms with Crippen LogP contribution in [0.25, 0.3) is 10.9 Å². The van der Waals surface area contributed by atoms with Crippen molar-refractivity contribution in [3.05, 3.63) is 64.8 Å². The summed E-state index contributed by atoms with van der Waals surface area (Å²) in [7, 11) is 0. The van der Waals surface area contributed by atoms with Crippen LogP contribution in [0, 0.1) is 0 Å². The maximum absolute atomic E-state index is 9.35. The minimum Gasteiger partial charge on any atom is -0.508 e. The monoisotopic (exact) mass is 340 g/mol. The fourth-order valence-corrected chi connectivity index (χ4v) is 3.33. The Balaban J connectivity index is 1.52. The molecule has 0 saturated heterocycles. The first-order valence-corrected chi connectivity index (χ1v) is 8.28. The highest BCUT2D eigenvalue weighted by molar-refractivity contribution is 6.35. The molecular weight excluding hydrogens is 324 g/mol. The fourth-order valence-electron chi connectivity index (χ4n) is 3.04. The van der Waals surface area contributed by atoms with Crippen molar-refractivity contribution in [3.63, 3.8) is 0 Å². The van der Waals surface area contributed by atoms with E-state index in [9.17, 15) is 5.11 Å². The van der Waals surface area contributed by atoms with Crippen LogP contribution in [0.5, 0.6) is 11.5 Å². The first kappa shape index (κ1) is 15.2. The normalized spacial score (nSPS) is 14.4. The number of phenolic OH excluding ortho intramolecular Hbond substituents is 1. The lowest BCUT2D eigenvalue weighted by Gasteiger charge is -2.29. The third-order valence-electron chi connectivity index (χ3n) is 4.31. The molecule has 24 heavy (non-hydrogen) atoms. The average molecular weight is 341 g/mol. The van der Waals surface area contributed by atoms with Gasteiger partial charge in [0.05, 0.1) is 5.02 Å². The number of benzene rings is 2. The van der Waals surface area contributed by atoms with Gasteiger partial charge in [-0.1, -0.05) is 23.7 Å². The van der Waals surface area contributed by atoms with E-state index < -0.39 is 0 Å². The van der Waals surface area contributed by atoms with Gasteiger partial charge in [0.25, 0.3) is 0 Å². The Bertz CT molecular complexity index is 880. The quantitative estimate of drug-likeness (QED) is 0.783. The van der Waals surface area contributed by atoms with Crippen LogP contribution < -0.4 is 4.74 Å². The lowest BCUT2D eigenvalue weighted by Crippen LogP contribution is -2.33. The Morgan fingerprint density at radius 3 is 2.88 bits per heavy atom. The Hall–Kier alpha value is -2.30. The molecule has 4 nitrogen and oxygen atoms in total. The molecule has 0 aliphatic carbocycles. The van der Waals surface area contributed by atoms with Crippen molar-refractivity contribution >= 4 is 22.5 Å². The summed E-state index contributed by atoms with van der Waals surface area (Å²) < 4.78 is 5.98. The van der Waals surface area contributed by atoms with Gasteiger partial charge < -0.3 is 9.84 Å². The van der Waals surface area contributed by atoms with Crippen LogP contribution in [-0.4, -0.2) is 28.3 Å². The van der Waals surface area contributed by atoms with Gasteiger partial charge in [-0.15, -0.1) is 0 Å². The highest BCUT2D eigenvalue weighted by Gasteiger charge is 2.21. The number of rotatable bonds is 3. The zero-order valence-corrected chi connectivity index (χ0v) is 13.8. The molecule has 0 radical (unpaired) electrons. The molecule has 0 spiro atoms. The highest BCUT2D eigenvalue weighted by atomic mass is 35.5. The summed E-state index contributed by atoms with van der Waals surface area (Å²) in [6.07, 6.45) is 2.66. The van der Waals surface area contributed by atoms with E-state index in [0.29, 0.717) is 17.5 Å². The van der Waals surface area contributed by atoms with E-state index in [4.69, 9.17) is 16.3 Å². The number of pyridine rings is 1. The summed E-state index contributed by atoms with van der Waals surface area (Å²) in [6.45, 7) is 2.21. The minimum atomic E-state index is 0.294. The van der Waals surface area contributed by atoms with Crippen LogP contribution in [0.2, 0.25) is 5.02 Å². The zero-order chi connectivity index (χ0) is 16.5. The number of aromatic nitrogens is 1. The minimum absolute atomic E-state index is 0.294. The molecule has 1 aliphatic heterocycles. The van der Waals surface area contributed by atoms with E-state index in [2.05, 4.69) is 9.88 Å². The van der Waals surface area contributed by atoms with Gasteiger partial charge >= 0.3 is 0 Å². The molecule has 1 aromatic heterocycles. The zero-order valence-electron chi connectivity index (χ0n) is 13.1. The van der Waals surface area contributed by atoms with Gasteiger partial charge in [-0.25, -0.2) is 0 Å². The van der Waals surface area contributed by atoms with Gasteiger partial charge in [-0.2, -0.15) is 0 Å². The van der Waals surface area contributed by atoms with E-state index in [1.807, 2.05) is 30.3 Å². The van der Waals surface area contributed by atoms with Gasteiger partial charge in [0.1, 0.15) is 18.0 Å². The molecule has 2 heterocycles. The van der Waals surface area contributed by atoms with Crippen LogP contribution in [-0.2, 0) is 13.0 Å². The molecule has 4 rings (SSSR count). The molecule has 0 unspecified atom stereocenters. The molecule has 0 bridgehead atoms. The number of halogens is 1. The van der Waals surface area contributed by atoms with Gasteiger partial charge in [0.15, 0.2) is 5.75 Å². The molecule has 2 aromatic carbocycles. The van der Waals surface area contributed by atoms with Crippen molar-refractivity contribution < 1.29 is 9.84 Å². The average Bonchev–Trinajstić information content (AvgIpc) is 2.61. The summed E-state index contributed by atoms with van der Waals surface area (Å²) in [4.78, 5) is 6.67. The Labute approximate surface area is 145 Å².